The molecule has 0 bridgehead atoms. The number of nitro benzene ring substituents is 1. The first-order valence-corrected chi connectivity index (χ1v) is 9.64. The van der Waals surface area contributed by atoms with Crippen molar-refractivity contribution in [2.45, 2.75) is 13.2 Å². The van der Waals surface area contributed by atoms with Gasteiger partial charge in [-0.15, -0.1) is 12.4 Å². The number of nitro groups is 1. The molecule has 0 unspecified atom stereocenters. The second-order valence-corrected chi connectivity index (χ2v) is 6.85. The van der Waals surface area contributed by atoms with Gasteiger partial charge in [0, 0.05) is 37.5 Å². The van der Waals surface area contributed by atoms with Gasteiger partial charge >= 0.3 is 0 Å². The SMILES string of the molecule is Cl.O=[N+]([O-])c1ccc(NCCNCc2ccc(OCc3ccccc3)c(Cl)c2)cc1. The Morgan fingerprint density at radius 1 is 0.933 bits per heavy atom. The fourth-order valence-corrected chi connectivity index (χ4v) is 2.99. The van der Waals surface area contributed by atoms with Gasteiger partial charge in [-0.1, -0.05) is 48.0 Å². The van der Waals surface area contributed by atoms with Gasteiger partial charge < -0.3 is 15.4 Å². The molecule has 0 fully saturated rings. The van der Waals surface area contributed by atoms with Crippen LogP contribution in [0.4, 0.5) is 11.4 Å². The summed E-state index contributed by atoms with van der Waals surface area (Å²) in [5.41, 5.74) is 3.09. The van der Waals surface area contributed by atoms with Gasteiger partial charge in [0.05, 0.1) is 9.95 Å². The Balaban J connectivity index is 0.00000320. The monoisotopic (exact) mass is 447 g/mol. The van der Waals surface area contributed by atoms with Gasteiger partial charge in [-0.2, -0.15) is 0 Å². The molecular weight excluding hydrogens is 425 g/mol. The molecule has 3 aromatic carbocycles. The van der Waals surface area contributed by atoms with Crippen LogP contribution < -0.4 is 15.4 Å². The van der Waals surface area contributed by atoms with E-state index >= 15 is 0 Å². The molecule has 30 heavy (non-hydrogen) atoms. The summed E-state index contributed by atoms with van der Waals surface area (Å²) >= 11 is 6.34. The number of rotatable bonds is 10. The van der Waals surface area contributed by atoms with Gasteiger partial charge in [-0.05, 0) is 35.4 Å². The van der Waals surface area contributed by atoms with E-state index in [4.69, 9.17) is 16.3 Å². The van der Waals surface area contributed by atoms with Crippen molar-refractivity contribution < 1.29 is 9.66 Å². The van der Waals surface area contributed by atoms with Crippen molar-refractivity contribution >= 4 is 35.4 Å². The summed E-state index contributed by atoms with van der Waals surface area (Å²) in [7, 11) is 0. The summed E-state index contributed by atoms with van der Waals surface area (Å²) in [5, 5.41) is 17.8. The number of nitrogens with zero attached hydrogens (tertiary/aromatic N) is 1. The normalized spacial score (nSPS) is 10.2. The maximum absolute atomic E-state index is 10.7. The van der Waals surface area contributed by atoms with Crippen molar-refractivity contribution in [2.75, 3.05) is 18.4 Å². The third-order valence-electron chi connectivity index (χ3n) is 4.27. The maximum atomic E-state index is 10.7. The predicted octanol–water partition coefficient (Wildman–Crippen LogP) is 5.45. The lowest BCUT2D eigenvalue weighted by Gasteiger charge is -2.11. The smallest absolute Gasteiger partial charge is 0.269 e. The highest BCUT2D eigenvalue weighted by atomic mass is 35.5. The van der Waals surface area contributed by atoms with Gasteiger partial charge in [0.15, 0.2) is 0 Å². The molecule has 0 amide bonds. The van der Waals surface area contributed by atoms with Crippen molar-refractivity contribution in [1.29, 1.82) is 0 Å². The van der Waals surface area contributed by atoms with Gasteiger partial charge in [0.1, 0.15) is 12.4 Å². The van der Waals surface area contributed by atoms with Crippen LogP contribution in [0.2, 0.25) is 5.02 Å². The molecule has 0 aliphatic rings. The van der Waals surface area contributed by atoms with E-state index in [2.05, 4.69) is 10.6 Å². The molecule has 0 radical (unpaired) electrons. The quantitative estimate of drug-likeness (QED) is 0.245. The van der Waals surface area contributed by atoms with Crippen LogP contribution >= 0.6 is 24.0 Å². The third kappa shape index (κ3) is 7.22. The van der Waals surface area contributed by atoms with Crippen LogP contribution in [0.1, 0.15) is 11.1 Å². The average molecular weight is 448 g/mol. The van der Waals surface area contributed by atoms with Crippen LogP contribution in [0, 0.1) is 10.1 Å². The van der Waals surface area contributed by atoms with E-state index < -0.39 is 4.92 Å². The van der Waals surface area contributed by atoms with E-state index in [1.54, 1.807) is 12.1 Å². The predicted molar refractivity (Wildman–Crippen MR) is 123 cm³/mol. The Morgan fingerprint density at radius 2 is 1.67 bits per heavy atom. The largest absolute Gasteiger partial charge is 0.487 e. The molecule has 0 saturated heterocycles. The van der Waals surface area contributed by atoms with Crippen LogP contribution in [-0.2, 0) is 13.2 Å². The van der Waals surface area contributed by atoms with E-state index in [1.165, 1.54) is 12.1 Å². The van der Waals surface area contributed by atoms with Crippen LogP contribution in [-0.4, -0.2) is 18.0 Å². The number of nitrogens with one attached hydrogen (secondary N) is 2. The molecule has 2 N–H and O–H groups in total. The molecule has 0 atom stereocenters. The summed E-state index contributed by atoms with van der Waals surface area (Å²) < 4.78 is 5.79. The minimum atomic E-state index is -0.408. The summed E-state index contributed by atoms with van der Waals surface area (Å²) in [4.78, 5) is 10.2. The van der Waals surface area contributed by atoms with Crippen LogP contribution in [0.25, 0.3) is 0 Å². The van der Waals surface area contributed by atoms with Crippen molar-refractivity contribution in [3.05, 3.63) is 99.1 Å². The molecule has 8 heteroatoms. The van der Waals surface area contributed by atoms with Crippen molar-refractivity contribution in [3.63, 3.8) is 0 Å². The standard InChI is InChI=1S/C22H22ClN3O3.ClH/c23-21-14-18(6-11-22(21)29-16-17-4-2-1-3-5-17)15-24-12-13-25-19-7-9-20(10-8-19)26(27)28;/h1-11,14,24-25H,12-13,15-16H2;1H. The molecular formula is C22H23Cl2N3O3. The summed E-state index contributed by atoms with van der Waals surface area (Å²) in [6.07, 6.45) is 0. The van der Waals surface area contributed by atoms with E-state index in [0.717, 1.165) is 23.4 Å². The Labute approximate surface area is 186 Å². The zero-order valence-corrected chi connectivity index (χ0v) is 17.8. The molecule has 0 spiro atoms. The molecule has 0 aliphatic heterocycles. The fraction of sp³-hybridized carbons (Fsp3) is 0.182. The van der Waals surface area contributed by atoms with Crippen LogP contribution in [0.5, 0.6) is 5.75 Å². The number of halogens is 2. The van der Waals surface area contributed by atoms with Crippen molar-refractivity contribution in [1.82, 2.24) is 5.32 Å². The zero-order valence-electron chi connectivity index (χ0n) is 16.2. The lowest BCUT2D eigenvalue weighted by atomic mass is 10.2. The Bertz CT molecular complexity index is 938. The number of ether oxygens (including phenoxy) is 1. The first-order valence-electron chi connectivity index (χ1n) is 9.26. The minimum Gasteiger partial charge on any atom is -0.487 e. The van der Waals surface area contributed by atoms with Crippen molar-refractivity contribution in [3.8, 4) is 5.75 Å². The van der Waals surface area contributed by atoms with Gasteiger partial charge in [0.2, 0.25) is 0 Å². The highest BCUT2D eigenvalue weighted by Gasteiger charge is 2.05. The molecule has 0 aliphatic carbocycles. The topological polar surface area (TPSA) is 76.4 Å². The second kappa shape index (κ2) is 12.0. The molecule has 6 nitrogen and oxygen atoms in total. The molecule has 0 saturated carbocycles. The lowest BCUT2D eigenvalue weighted by molar-refractivity contribution is -0.384. The highest BCUT2D eigenvalue weighted by Crippen LogP contribution is 2.26. The van der Waals surface area contributed by atoms with E-state index in [-0.39, 0.29) is 18.1 Å². The summed E-state index contributed by atoms with van der Waals surface area (Å²) in [6, 6.07) is 22.1. The van der Waals surface area contributed by atoms with Crippen LogP contribution in [0.15, 0.2) is 72.8 Å². The number of benzene rings is 3. The van der Waals surface area contributed by atoms with Crippen LogP contribution in [0.3, 0.4) is 0 Å². The molecule has 3 aromatic rings. The van der Waals surface area contributed by atoms with Gasteiger partial charge in [-0.3, -0.25) is 10.1 Å². The summed E-state index contributed by atoms with van der Waals surface area (Å²) in [5.74, 6) is 0.666. The molecule has 0 aromatic heterocycles. The zero-order chi connectivity index (χ0) is 20.5. The van der Waals surface area contributed by atoms with E-state index in [9.17, 15) is 10.1 Å². The molecule has 3 rings (SSSR count). The molecule has 158 valence electrons. The highest BCUT2D eigenvalue weighted by molar-refractivity contribution is 6.32. The van der Waals surface area contributed by atoms with E-state index in [0.29, 0.717) is 30.5 Å². The van der Waals surface area contributed by atoms with Gasteiger partial charge in [0.25, 0.3) is 5.69 Å². The first kappa shape index (κ1) is 23.5. The third-order valence-corrected chi connectivity index (χ3v) is 4.57. The fourth-order valence-electron chi connectivity index (χ4n) is 2.74. The average Bonchev–Trinajstić information content (AvgIpc) is 2.74. The van der Waals surface area contributed by atoms with Gasteiger partial charge in [-0.25, -0.2) is 0 Å². The number of hydrogen-bond acceptors (Lipinski definition) is 5. The maximum Gasteiger partial charge on any atom is 0.269 e. The Morgan fingerprint density at radius 3 is 2.33 bits per heavy atom. The number of anilines is 1. The van der Waals surface area contributed by atoms with Crippen molar-refractivity contribution in [2.24, 2.45) is 0 Å². The number of non-ortho nitro benzene ring substituents is 1. The Kier molecular flexibility index (Phi) is 9.41. The lowest BCUT2D eigenvalue weighted by Crippen LogP contribution is -2.21. The Hall–Kier alpha value is -2.80. The number of hydrogen-bond donors (Lipinski definition) is 2. The molecule has 0 heterocycles. The second-order valence-electron chi connectivity index (χ2n) is 6.45. The van der Waals surface area contributed by atoms with E-state index in [1.807, 2.05) is 48.5 Å². The summed E-state index contributed by atoms with van der Waals surface area (Å²) in [6.45, 7) is 2.60. The first-order chi connectivity index (χ1) is 14.1. The minimum absolute atomic E-state index is 0.